The van der Waals surface area contributed by atoms with Crippen molar-refractivity contribution in [1.29, 1.82) is 0 Å². The smallest absolute Gasteiger partial charge is 0.145 e. The van der Waals surface area contributed by atoms with Gasteiger partial charge in [-0.05, 0) is 25.0 Å². The molecular formula is C13H19NO3. The van der Waals surface area contributed by atoms with Crippen LogP contribution in [0.2, 0.25) is 0 Å². The number of rotatable bonds is 5. The first-order valence-electron chi connectivity index (χ1n) is 5.78. The Bertz CT molecular complexity index is 375. The highest BCUT2D eigenvalue weighted by molar-refractivity contribution is 5.59. The first kappa shape index (κ1) is 12.0. The zero-order chi connectivity index (χ0) is 12.3. The first-order chi connectivity index (χ1) is 8.26. The van der Waals surface area contributed by atoms with Gasteiger partial charge in [0.1, 0.15) is 11.5 Å². The van der Waals surface area contributed by atoms with Gasteiger partial charge in [-0.25, -0.2) is 0 Å². The van der Waals surface area contributed by atoms with Crippen LogP contribution in [0.5, 0.6) is 11.5 Å². The lowest BCUT2D eigenvalue weighted by Crippen LogP contribution is -2.40. The third kappa shape index (κ3) is 2.64. The third-order valence-corrected chi connectivity index (χ3v) is 3.20. The van der Waals surface area contributed by atoms with E-state index in [-0.39, 0.29) is 0 Å². The molecule has 1 saturated carbocycles. The van der Waals surface area contributed by atoms with Gasteiger partial charge < -0.3 is 19.5 Å². The average Bonchev–Trinajstić information content (AvgIpc) is 2.33. The second kappa shape index (κ2) is 5.27. The predicted molar refractivity (Wildman–Crippen MR) is 67.0 cm³/mol. The van der Waals surface area contributed by atoms with Gasteiger partial charge in [-0.3, -0.25) is 0 Å². The second-order valence-corrected chi connectivity index (χ2v) is 4.24. The highest BCUT2D eigenvalue weighted by Crippen LogP contribution is 2.33. The van der Waals surface area contributed by atoms with Crippen molar-refractivity contribution in [1.82, 2.24) is 0 Å². The van der Waals surface area contributed by atoms with Crippen molar-refractivity contribution in [2.24, 2.45) is 0 Å². The summed E-state index contributed by atoms with van der Waals surface area (Å²) in [5.41, 5.74) is 1.01. The molecular weight excluding hydrogens is 218 g/mol. The van der Waals surface area contributed by atoms with Gasteiger partial charge in [0.2, 0.25) is 0 Å². The van der Waals surface area contributed by atoms with Crippen LogP contribution in [0.25, 0.3) is 0 Å². The molecule has 4 nitrogen and oxygen atoms in total. The van der Waals surface area contributed by atoms with E-state index in [4.69, 9.17) is 14.2 Å². The van der Waals surface area contributed by atoms with Crippen molar-refractivity contribution < 1.29 is 14.2 Å². The summed E-state index contributed by atoms with van der Waals surface area (Å²) >= 11 is 0. The van der Waals surface area contributed by atoms with Gasteiger partial charge in [0, 0.05) is 19.2 Å². The number of nitrogens with one attached hydrogen (secondary N) is 1. The SMILES string of the molecule is COc1ccc(NC2CC(OC)C2)c(OC)c1. The molecule has 2 rings (SSSR count). The molecule has 1 aromatic carbocycles. The quantitative estimate of drug-likeness (QED) is 0.853. The highest BCUT2D eigenvalue weighted by atomic mass is 16.5. The number of methoxy groups -OCH3 is 3. The van der Waals surface area contributed by atoms with E-state index in [2.05, 4.69) is 5.32 Å². The van der Waals surface area contributed by atoms with Gasteiger partial charge in [0.05, 0.1) is 26.0 Å². The van der Waals surface area contributed by atoms with Gasteiger partial charge in [-0.15, -0.1) is 0 Å². The van der Waals surface area contributed by atoms with Gasteiger partial charge >= 0.3 is 0 Å². The second-order valence-electron chi connectivity index (χ2n) is 4.24. The monoisotopic (exact) mass is 237 g/mol. The van der Waals surface area contributed by atoms with Crippen molar-refractivity contribution in [3.63, 3.8) is 0 Å². The summed E-state index contributed by atoms with van der Waals surface area (Å²) in [4.78, 5) is 0. The van der Waals surface area contributed by atoms with E-state index in [1.807, 2.05) is 18.2 Å². The number of anilines is 1. The van der Waals surface area contributed by atoms with Crippen LogP contribution < -0.4 is 14.8 Å². The van der Waals surface area contributed by atoms with Crippen LogP contribution in [0.4, 0.5) is 5.69 Å². The van der Waals surface area contributed by atoms with Crippen LogP contribution in [0.1, 0.15) is 12.8 Å². The fourth-order valence-electron chi connectivity index (χ4n) is 2.01. The van der Waals surface area contributed by atoms with Crippen molar-refractivity contribution in [3.05, 3.63) is 18.2 Å². The molecule has 1 aliphatic rings. The van der Waals surface area contributed by atoms with Crippen LogP contribution >= 0.6 is 0 Å². The van der Waals surface area contributed by atoms with Crippen LogP contribution in [0.15, 0.2) is 18.2 Å². The Morgan fingerprint density at radius 1 is 1.12 bits per heavy atom. The summed E-state index contributed by atoms with van der Waals surface area (Å²) in [5.74, 6) is 1.61. The molecule has 0 atom stereocenters. The molecule has 0 spiro atoms. The predicted octanol–water partition coefficient (Wildman–Crippen LogP) is 2.29. The van der Waals surface area contributed by atoms with Crippen molar-refractivity contribution >= 4 is 5.69 Å². The lowest BCUT2D eigenvalue weighted by molar-refractivity contribution is 0.0328. The fraction of sp³-hybridized carbons (Fsp3) is 0.538. The zero-order valence-corrected chi connectivity index (χ0v) is 10.5. The minimum absolute atomic E-state index is 0.400. The van der Waals surface area contributed by atoms with E-state index in [1.54, 1.807) is 21.3 Å². The molecule has 4 heteroatoms. The summed E-state index contributed by atoms with van der Waals surface area (Å²) in [6.45, 7) is 0. The van der Waals surface area contributed by atoms with E-state index in [0.29, 0.717) is 12.1 Å². The molecule has 0 aromatic heterocycles. The molecule has 0 heterocycles. The summed E-state index contributed by atoms with van der Waals surface area (Å²) in [5, 5.41) is 3.45. The van der Waals surface area contributed by atoms with Gasteiger partial charge in [-0.1, -0.05) is 0 Å². The minimum Gasteiger partial charge on any atom is -0.497 e. The van der Waals surface area contributed by atoms with Gasteiger partial charge in [0.15, 0.2) is 0 Å². The first-order valence-corrected chi connectivity index (χ1v) is 5.78. The Labute approximate surface area is 102 Å². The van der Waals surface area contributed by atoms with E-state index in [1.165, 1.54) is 0 Å². The third-order valence-electron chi connectivity index (χ3n) is 3.20. The number of hydrogen-bond acceptors (Lipinski definition) is 4. The maximum atomic E-state index is 5.34. The molecule has 1 N–H and O–H groups in total. The lowest BCUT2D eigenvalue weighted by Gasteiger charge is -2.35. The Balaban J connectivity index is 2.01. The molecule has 0 radical (unpaired) electrons. The minimum atomic E-state index is 0.400. The number of benzene rings is 1. The van der Waals surface area contributed by atoms with E-state index < -0.39 is 0 Å². The molecule has 17 heavy (non-hydrogen) atoms. The van der Waals surface area contributed by atoms with Gasteiger partial charge in [0.25, 0.3) is 0 Å². The summed E-state index contributed by atoms with van der Waals surface area (Å²) in [7, 11) is 5.07. The summed E-state index contributed by atoms with van der Waals surface area (Å²) in [6.07, 6.45) is 2.49. The van der Waals surface area contributed by atoms with Crippen LogP contribution in [0, 0.1) is 0 Å². The van der Waals surface area contributed by atoms with E-state index >= 15 is 0 Å². The molecule has 0 saturated heterocycles. The van der Waals surface area contributed by atoms with E-state index in [0.717, 1.165) is 30.0 Å². The Kier molecular flexibility index (Phi) is 3.74. The number of ether oxygens (including phenoxy) is 3. The zero-order valence-electron chi connectivity index (χ0n) is 10.5. The van der Waals surface area contributed by atoms with E-state index in [9.17, 15) is 0 Å². The standard InChI is InChI=1S/C13H19NO3/c1-15-10-4-5-12(13(8-10)17-3)14-9-6-11(7-9)16-2/h4-5,8-9,11,14H,6-7H2,1-3H3. The molecule has 1 aromatic rings. The average molecular weight is 237 g/mol. The molecule has 94 valence electrons. The van der Waals surface area contributed by atoms with Crippen LogP contribution in [-0.2, 0) is 4.74 Å². The molecule has 0 aliphatic heterocycles. The maximum absolute atomic E-state index is 5.34. The molecule has 1 fully saturated rings. The lowest BCUT2D eigenvalue weighted by atomic mass is 9.89. The number of hydrogen-bond donors (Lipinski definition) is 1. The molecule has 0 unspecified atom stereocenters. The van der Waals surface area contributed by atoms with Crippen LogP contribution in [-0.4, -0.2) is 33.5 Å². The molecule has 0 amide bonds. The Morgan fingerprint density at radius 3 is 2.47 bits per heavy atom. The molecule has 1 aliphatic carbocycles. The normalized spacial score (nSPS) is 22.8. The van der Waals surface area contributed by atoms with Crippen molar-refractivity contribution in [2.45, 2.75) is 25.0 Å². The van der Waals surface area contributed by atoms with Crippen LogP contribution in [0.3, 0.4) is 0 Å². The fourth-order valence-corrected chi connectivity index (χ4v) is 2.01. The topological polar surface area (TPSA) is 39.7 Å². The van der Waals surface area contributed by atoms with Crippen molar-refractivity contribution in [2.75, 3.05) is 26.6 Å². The largest absolute Gasteiger partial charge is 0.497 e. The highest BCUT2D eigenvalue weighted by Gasteiger charge is 2.29. The summed E-state index contributed by atoms with van der Waals surface area (Å²) < 4.78 is 15.8. The molecule has 0 bridgehead atoms. The van der Waals surface area contributed by atoms with Gasteiger partial charge in [-0.2, -0.15) is 0 Å². The Hall–Kier alpha value is -1.42. The Morgan fingerprint density at radius 2 is 1.88 bits per heavy atom. The summed E-state index contributed by atoms with van der Waals surface area (Å²) in [6, 6.07) is 6.27. The maximum Gasteiger partial charge on any atom is 0.145 e. The van der Waals surface area contributed by atoms with Crippen molar-refractivity contribution in [3.8, 4) is 11.5 Å².